The molecule has 0 radical (unpaired) electrons. The monoisotopic (exact) mass is 160 g/mol. The van der Waals surface area contributed by atoms with E-state index in [1.54, 1.807) is 0 Å². The van der Waals surface area contributed by atoms with Crippen molar-refractivity contribution in [1.29, 1.82) is 0 Å². The largest absolute Gasteiger partial charge is 0.328 e. The van der Waals surface area contributed by atoms with E-state index in [2.05, 4.69) is 24.9 Å². The third kappa shape index (κ3) is 1.65. The van der Waals surface area contributed by atoms with Gasteiger partial charge in [0.15, 0.2) is 0 Å². The first-order valence-electron chi connectivity index (χ1n) is 3.76. The van der Waals surface area contributed by atoms with E-state index in [1.165, 1.54) is 0 Å². The van der Waals surface area contributed by atoms with Crippen molar-refractivity contribution in [3.63, 3.8) is 0 Å². The fourth-order valence-corrected chi connectivity index (χ4v) is 1.83. The molecule has 1 unspecified atom stereocenters. The Morgan fingerprint density at radius 2 is 2.30 bits per heavy atom. The molecule has 1 fully saturated rings. The van der Waals surface area contributed by atoms with Gasteiger partial charge in [0, 0.05) is 24.5 Å². The SMILES string of the molecule is CC(N)CC1(CS)CNC1. The van der Waals surface area contributed by atoms with Gasteiger partial charge in [-0.3, -0.25) is 0 Å². The number of thiol groups is 1. The molecule has 60 valence electrons. The van der Waals surface area contributed by atoms with Gasteiger partial charge in [-0.1, -0.05) is 0 Å². The lowest BCUT2D eigenvalue weighted by molar-refractivity contribution is 0.176. The van der Waals surface area contributed by atoms with E-state index in [4.69, 9.17) is 5.73 Å². The molecule has 10 heavy (non-hydrogen) atoms. The summed E-state index contributed by atoms with van der Waals surface area (Å²) in [6.45, 7) is 4.25. The maximum atomic E-state index is 5.70. The van der Waals surface area contributed by atoms with Crippen molar-refractivity contribution in [2.24, 2.45) is 11.1 Å². The minimum absolute atomic E-state index is 0.314. The van der Waals surface area contributed by atoms with E-state index < -0.39 is 0 Å². The molecule has 1 atom stereocenters. The van der Waals surface area contributed by atoms with E-state index in [1.807, 2.05) is 0 Å². The van der Waals surface area contributed by atoms with E-state index in [0.717, 1.165) is 25.3 Å². The van der Waals surface area contributed by atoms with Gasteiger partial charge in [0.1, 0.15) is 0 Å². The standard InChI is InChI=1S/C7H16N2S/c1-6(8)2-7(5-10)3-9-4-7/h6,9-10H,2-5,8H2,1H3. The quantitative estimate of drug-likeness (QED) is 0.518. The molecule has 1 heterocycles. The second-order valence-corrected chi connectivity index (χ2v) is 3.76. The average molecular weight is 160 g/mol. The predicted molar refractivity (Wildman–Crippen MR) is 47.4 cm³/mol. The summed E-state index contributed by atoms with van der Waals surface area (Å²) in [5.41, 5.74) is 6.12. The van der Waals surface area contributed by atoms with Crippen LogP contribution in [0.1, 0.15) is 13.3 Å². The van der Waals surface area contributed by atoms with Gasteiger partial charge in [-0.2, -0.15) is 12.6 Å². The minimum Gasteiger partial charge on any atom is -0.328 e. The van der Waals surface area contributed by atoms with Crippen LogP contribution in [-0.2, 0) is 0 Å². The predicted octanol–water partition coefficient (Wildman–Crippen LogP) is 0.243. The third-order valence-electron chi connectivity index (χ3n) is 2.09. The van der Waals surface area contributed by atoms with Crippen molar-refractivity contribution >= 4 is 12.6 Å². The molecule has 0 aromatic carbocycles. The van der Waals surface area contributed by atoms with Crippen LogP contribution in [0.25, 0.3) is 0 Å². The summed E-state index contributed by atoms with van der Waals surface area (Å²) in [7, 11) is 0. The lowest BCUT2D eigenvalue weighted by Crippen LogP contribution is -2.56. The van der Waals surface area contributed by atoms with Crippen LogP contribution < -0.4 is 11.1 Å². The van der Waals surface area contributed by atoms with Crippen molar-refractivity contribution in [3.05, 3.63) is 0 Å². The Bertz CT molecular complexity index is 105. The van der Waals surface area contributed by atoms with Gasteiger partial charge in [-0.15, -0.1) is 0 Å². The molecule has 0 spiro atoms. The first-order chi connectivity index (χ1) is 4.68. The second kappa shape index (κ2) is 3.11. The maximum Gasteiger partial charge on any atom is 0.00551 e. The zero-order valence-corrected chi connectivity index (χ0v) is 7.32. The lowest BCUT2D eigenvalue weighted by atomic mass is 9.78. The van der Waals surface area contributed by atoms with Crippen LogP contribution >= 0.6 is 12.6 Å². The molecule has 1 aliphatic rings. The van der Waals surface area contributed by atoms with Crippen molar-refractivity contribution < 1.29 is 0 Å². The zero-order valence-electron chi connectivity index (χ0n) is 6.43. The summed E-state index contributed by atoms with van der Waals surface area (Å²) >= 11 is 4.31. The molecule has 0 amide bonds. The average Bonchev–Trinajstić information content (AvgIpc) is 1.78. The molecule has 1 rings (SSSR count). The number of hydrogen-bond acceptors (Lipinski definition) is 3. The van der Waals surface area contributed by atoms with Crippen molar-refractivity contribution in [3.8, 4) is 0 Å². The summed E-state index contributed by atoms with van der Waals surface area (Å²) in [4.78, 5) is 0. The fraction of sp³-hybridized carbons (Fsp3) is 1.00. The molecule has 0 aliphatic carbocycles. The third-order valence-corrected chi connectivity index (χ3v) is 2.76. The van der Waals surface area contributed by atoms with Crippen molar-refractivity contribution in [2.75, 3.05) is 18.8 Å². The fourth-order valence-electron chi connectivity index (χ4n) is 1.48. The topological polar surface area (TPSA) is 38.0 Å². The summed E-state index contributed by atoms with van der Waals surface area (Å²) in [5.74, 6) is 0.960. The van der Waals surface area contributed by atoms with Crippen LogP contribution in [0.2, 0.25) is 0 Å². The Labute approximate surface area is 68.0 Å². The minimum atomic E-state index is 0.314. The smallest absolute Gasteiger partial charge is 0.00551 e. The lowest BCUT2D eigenvalue weighted by Gasteiger charge is -2.42. The Balaban J connectivity index is 2.33. The van der Waals surface area contributed by atoms with Crippen molar-refractivity contribution in [2.45, 2.75) is 19.4 Å². The van der Waals surface area contributed by atoms with Gasteiger partial charge in [-0.05, 0) is 19.1 Å². The summed E-state index contributed by atoms with van der Waals surface area (Å²) in [6.07, 6.45) is 1.10. The maximum absolute atomic E-state index is 5.70. The normalized spacial score (nSPS) is 25.5. The molecule has 3 N–H and O–H groups in total. The Hall–Kier alpha value is 0.270. The van der Waals surface area contributed by atoms with Crippen LogP contribution in [-0.4, -0.2) is 24.9 Å². The van der Waals surface area contributed by atoms with Crippen molar-refractivity contribution in [1.82, 2.24) is 5.32 Å². The molecule has 1 aliphatic heterocycles. The first-order valence-corrected chi connectivity index (χ1v) is 4.39. The summed E-state index contributed by atoms with van der Waals surface area (Å²) < 4.78 is 0. The number of nitrogens with one attached hydrogen (secondary N) is 1. The zero-order chi connectivity index (χ0) is 7.61. The number of nitrogens with two attached hydrogens (primary N) is 1. The van der Waals surface area contributed by atoms with Crippen LogP contribution in [0.15, 0.2) is 0 Å². The second-order valence-electron chi connectivity index (χ2n) is 3.44. The van der Waals surface area contributed by atoms with Crippen LogP contribution in [0.4, 0.5) is 0 Å². The van der Waals surface area contributed by atoms with Crippen LogP contribution in [0.5, 0.6) is 0 Å². The highest BCUT2D eigenvalue weighted by Crippen LogP contribution is 2.28. The van der Waals surface area contributed by atoms with Crippen LogP contribution in [0.3, 0.4) is 0 Å². The molecule has 2 nitrogen and oxygen atoms in total. The van der Waals surface area contributed by atoms with Gasteiger partial charge < -0.3 is 11.1 Å². The number of hydrogen-bond donors (Lipinski definition) is 3. The first kappa shape index (κ1) is 8.37. The van der Waals surface area contributed by atoms with Crippen LogP contribution in [0, 0.1) is 5.41 Å². The van der Waals surface area contributed by atoms with E-state index in [-0.39, 0.29) is 0 Å². The van der Waals surface area contributed by atoms with Gasteiger partial charge >= 0.3 is 0 Å². The highest BCUT2D eigenvalue weighted by Gasteiger charge is 2.35. The van der Waals surface area contributed by atoms with Gasteiger partial charge in [0.2, 0.25) is 0 Å². The molecule has 1 saturated heterocycles. The van der Waals surface area contributed by atoms with Gasteiger partial charge in [-0.25, -0.2) is 0 Å². The molecule has 0 saturated carbocycles. The van der Waals surface area contributed by atoms with E-state index in [9.17, 15) is 0 Å². The molecule has 3 heteroatoms. The number of rotatable bonds is 3. The molecule has 0 aromatic rings. The van der Waals surface area contributed by atoms with Gasteiger partial charge in [0.25, 0.3) is 0 Å². The van der Waals surface area contributed by atoms with E-state index >= 15 is 0 Å². The highest BCUT2D eigenvalue weighted by atomic mass is 32.1. The Morgan fingerprint density at radius 1 is 1.70 bits per heavy atom. The Morgan fingerprint density at radius 3 is 2.40 bits per heavy atom. The summed E-state index contributed by atoms with van der Waals surface area (Å²) in [5, 5.41) is 3.25. The molecule has 0 aromatic heterocycles. The molecular formula is C7H16N2S. The highest BCUT2D eigenvalue weighted by molar-refractivity contribution is 7.80. The molecule has 0 bridgehead atoms. The summed E-state index contributed by atoms with van der Waals surface area (Å²) in [6, 6.07) is 0.314. The van der Waals surface area contributed by atoms with E-state index in [0.29, 0.717) is 11.5 Å². The molecular weight excluding hydrogens is 144 g/mol. The Kier molecular flexibility index (Phi) is 2.61. The van der Waals surface area contributed by atoms with Gasteiger partial charge in [0.05, 0.1) is 0 Å².